The van der Waals surface area contributed by atoms with Crippen LogP contribution >= 0.6 is 0 Å². The Kier molecular flexibility index (Phi) is 4.86. The first kappa shape index (κ1) is 16.1. The second-order valence-corrected chi connectivity index (χ2v) is 5.86. The number of aromatic nitrogens is 1. The van der Waals surface area contributed by atoms with E-state index in [4.69, 9.17) is 0 Å². The SMILES string of the molecule is Cc1ccc(NC(=O)C2CCCN2)cc1NC(=O)c1ccncc1. The maximum atomic E-state index is 12.3. The minimum absolute atomic E-state index is 0.0391. The zero-order valence-corrected chi connectivity index (χ0v) is 13.5. The van der Waals surface area contributed by atoms with E-state index >= 15 is 0 Å². The molecule has 24 heavy (non-hydrogen) atoms. The molecule has 1 fully saturated rings. The summed E-state index contributed by atoms with van der Waals surface area (Å²) < 4.78 is 0. The third kappa shape index (κ3) is 3.78. The number of pyridine rings is 1. The molecule has 3 rings (SSSR count). The van der Waals surface area contributed by atoms with Crippen molar-refractivity contribution in [1.82, 2.24) is 10.3 Å². The first-order valence-electron chi connectivity index (χ1n) is 8.00. The summed E-state index contributed by atoms with van der Waals surface area (Å²) in [6.45, 7) is 2.78. The zero-order valence-electron chi connectivity index (χ0n) is 13.5. The van der Waals surface area contributed by atoms with Crippen LogP contribution in [0.1, 0.15) is 28.8 Å². The smallest absolute Gasteiger partial charge is 0.255 e. The Balaban J connectivity index is 1.71. The van der Waals surface area contributed by atoms with Crippen molar-refractivity contribution < 1.29 is 9.59 Å². The maximum Gasteiger partial charge on any atom is 0.255 e. The van der Waals surface area contributed by atoms with E-state index in [0.29, 0.717) is 16.9 Å². The molecule has 0 saturated carbocycles. The number of carbonyl (C=O) groups is 2. The molecule has 1 aromatic heterocycles. The summed E-state index contributed by atoms with van der Waals surface area (Å²) in [5.41, 5.74) is 2.81. The molecule has 0 spiro atoms. The van der Waals surface area contributed by atoms with Crippen molar-refractivity contribution >= 4 is 23.2 Å². The Morgan fingerprint density at radius 3 is 2.67 bits per heavy atom. The molecule has 2 amide bonds. The van der Waals surface area contributed by atoms with Gasteiger partial charge >= 0.3 is 0 Å². The number of anilines is 2. The fourth-order valence-electron chi connectivity index (χ4n) is 2.67. The summed E-state index contributed by atoms with van der Waals surface area (Å²) in [5, 5.41) is 8.95. The monoisotopic (exact) mass is 324 g/mol. The summed E-state index contributed by atoms with van der Waals surface area (Å²) in [7, 11) is 0. The largest absolute Gasteiger partial charge is 0.325 e. The van der Waals surface area contributed by atoms with Gasteiger partial charge in [0, 0.05) is 29.3 Å². The molecule has 1 saturated heterocycles. The lowest BCUT2D eigenvalue weighted by Crippen LogP contribution is -2.35. The average Bonchev–Trinajstić information content (AvgIpc) is 3.13. The number of hydrogen-bond donors (Lipinski definition) is 3. The van der Waals surface area contributed by atoms with Crippen LogP contribution in [-0.4, -0.2) is 29.4 Å². The predicted octanol–water partition coefficient (Wildman–Crippen LogP) is 2.33. The number of aryl methyl sites for hydroxylation is 1. The lowest BCUT2D eigenvalue weighted by Gasteiger charge is -2.14. The minimum atomic E-state index is -0.207. The van der Waals surface area contributed by atoms with Gasteiger partial charge in [0.15, 0.2) is 0 Å². The quantitative estimate of drug-likeness (QED) is 0.806. The van der Waals surface area contributed by atoms with Crippen molar-refractivity contribution in [1.29, 1.82) is 0 Å². The number of carbonyl (C=O) groups excluding carboxylic acids is 2. The third-order valence-corrected chi connectivity index (χ3v) is 4.07. The number of hydrogen-bond acceptors (Lipinski definition) is 4. The second-order valence-electron chi connectivity index (χ2n) is 5.86. The van der Waals surface area contributed by atoms with Gasteiger partial charge in [0.25, 0.3) is 5.91 Å². The number of benzene rings is 1. The molecule has 3 N–H and O–H groups in total. The lowest BCUT2D eigenvalue weighted by atomic mass is 10.1. The van der Waals surface area contributed by atoms with Crippen molar-refractivity contribution in [3.8, 4) is 0 Å². The molecule has 0 aliphatic carbocycles. The van der Waals surface area contributed by atoms with Gasteiger partial charge in [0.05, 0.1) is 6.04 Å². The van der Waals surface area contributed by atoms with Crippen molar-refractivity contribution in [2.24, 2.45) is 0 Å². The normalized spacial score (nSPS) is 16.6. The Hall–Kier alpha value is -2.73. The Morgan fingerprint density at radius 2 is 1.96 bits per heavy atom. The Morgan fingerprint density at radius 1 is 1.17 bits per heavy atom. The Labute approximate surface area is 140 Å². The van der Waals surface area contributed by atoms with Gasteiger partial charge in [-0.05, 0) is 56.1 Å². The molecule has 0 bridgehead atoms. The van der Waals surface area contributed by atoms with E-state index in [0.717, 1.165) is 24.9 Å². The molecule has 2 heterocycles. The first-order chi connectivity index (χ1) is 11.6. The van der Waals surface area contributed by atoms with Crippen LogP contribution < -0.4 is 16.0 Å². The van der Waals surface area contributed by atoms with Crippen LogP contribution in [0.3, 0.4) is 0 Å². The van der Waals surface area contributed by atoms with E-state index in [1.54, 1.807) is 30.6 Å². The summed E-state index contributed by atoms with van der Waals surface area (Å²) in [6, 6.07) is 8.66. The molecule has 1 aromatic carbocycles. The van der Waals surface area contributed by atoms with Gasteiger partial charge in [-0.2, -0.15) is 0 Å². The van der Waals surface area contributed by atoms with E-state index in [2.05, 4.69) is 20.9 Å². The summed E-state index contributed by atoms with van der Waals surface area (Å²) in [6.07, 6.45) is 5.02. The highest BCUT2D eigenvalue weighted by atomic mass is 16.2. The molecular formula is C18H20N4O2. The van der Waals surface area contributed by atoms with Crippen LogP contribution in [0.4, 0.5) is 11.4 Å². The van der Waals surface area contributed by atoms with Gasteiger partial charge in [-0.25, -0.2) is 0 Å². The highest BCUT2D eigenvalue weighted by Crippen LogP contribution is 2.21. The third-order valence-electron chi connectivity index (χ3n) is 4.07. The van der Waals surface area contributed by atoms with Crippen molar-refractivity contribution in [3.63, 3.8) is 0 Å². The van der Waals surface area contributed by atoms with Crippen molar-refractivity contribution in [3.05, 3.63) is 53.9 Å². The molecule has 6 heteroatoms. The highest BCUT2D eigenvalue weighted by Gasteiger charge is 2.22. The number of rotatable bonds is 4. The fourth-order valence-corrected chi connectivity index (χ4v) is 2.67. The minimum Gasteiger partial charge on any atom is -0.325 e. The van der Waals surface area contributed by atoms with Crippen LogP contribution in [0, 0.1) is 6.92 Å². The highest BCUT2D eigenvalue weighted by molar-refractivity contribution is 6.05. The number of nitrogens with zero attached hydrogens (tertiary/aromatic N) is 1. The molecule has 1 unspecified atom stereocenters. The molecule has 6 nitrogen and oxygen atoms in total. The summed E-state index contributed by atoms with van der Waals surface area (Å²) in [4.78, 5) is 28.4. The van der Waals surface area contributed by atoms with Crippen LogP contribution in [-0.2, 0) is 4.79 Å². The van der Waals surface area contributed by atoms with Crippen LogP contribution in [0.5, 0.6) is 0 Å². The second kappa shape index (κ2) is 7.23. The molecule has 124 valence electrons. The van der Waals surface area contributed by atoms with Crippen LogP contribution in [0.25, 0.3) is 0 Å². The predicted molar refractivity (Wildman–Crippen MR) is 93.0 cm³/mol. The maximum absolute atomic E-state index is 12.3. The van der Waals surface area contributed by atoms with E-state index in [1.807, 2.05) is 19.1 Å². The van der Waals surface area contributed by atoms with Crippen molar-refractivity contribution in [2.45, 2.75) is 25.8 Å². The molecule has 1 atom stereocenters. The van der Waals surface area contributed by atoms with Crippen molar-refractivity contribution in [2.75, 3.05) is 17.2 Å². The number of nitrogens with one attached hydrogen (secondary N) is 3. The number of amides is 2. The fraction of sp³-hybridized carbons (Fsp3) is 0.278. The van der Waals surface area contributed by atoms with E-state index in [-0.39, 0.29) is 17.9 Å². The standard InChI is InChI=1S/C18H20N4O2/c1-12-4-5-14(21-18(24)15-3-2-8-20-15)11-16(12)22-17(23)13-6-9-19-10-7-13/h4-7,9-11,15,20H,2-3,8H2,1H3,(H,21,24)(H,22,23). The summed E-state index contributed by atoms with van der Waals surface area (Å²) in [5.74, 6) is -0.246. The van der Waals surface area contributed by atoms with Crippen LogP contribution in [0.2, 0.25) is 0 Å². The molecule has 0 radical (unpaired) electrons. The topological polar surface area (TPSA) is 83.1 Å². The Bertz CT molecular complexity index is 740. The zero-order chi connectivity index (χ0) is 16.9. The lowest BCUT2D eigenvalue weighted by molar-refractivity contribution is -0.117. The van der Waals surface area contributed by atoms with Gasteiger partial charge in [0.2, 0.25) is 5.91 Å². The average molecular weight is 324 g/mol. The van der Waals surface area contributed by atoms with Gasteiger partial charge in [-0.15, -0.1) is 0 Å². The molecule has 1 aliphatic heterocycles. The molecular weight excluding hydrogens is 304 g/mol. The summed E-state index contributed by atoms with van der Waals surface area (Å²) >= 11 is 0. The van der Waals surface area contributed by atoms with Gasteiger partial charge in [0.1, 0.15) is 0 Å². The van der Waals surface area contributed by atoms with E-state index in [9.17, 15) is 9.59 Å². The van der Waals surface area contributed by atoms with Gasteiger partial charge < -0.3 is 16.0 Å². The van der Waals surface area contributed by atoms with E-state index in [1.165, 1.54) is 0 Å². The van der Waals surface area contributed by atoms with Gasteiger partial charge in [-0.1, -0.05) is 6.07 Å². The molecule has 2 aromatic rings. The molecule has 1 aliphatic rings. The van der Waals surface area contributed by atoms with E-state index < -0.39 is 0 Å². The van der Waals surface area contributed by atoms with Crippen LogP contribution in [0.15, 0.2) is 42.7 Å². The van der Waals surface area contributed by atoms with Gasteiger partial charge in [-0.3, -0.25) is 14.6 Å². The first-order valence-corrected chi connectivity index (χ1v) is 8.00.